The Morgan fingerprint density at radius 1 is 1.26 bits per heavy atom. The smallest absolute Gasteiger partial charge is 0.303 e. The molecule has 0 aromatic carbocycles. The van der Waals surface area contributed by atoms with Crippen molar-refractivity contribution in [3.05, 3.63) is 0 Å². The first-order valence-electron chi connectivity index (χ1n) is 7.02. The molecule has 0 saturated carbocycles. The van der Waals surface area contributed by atoms with Crippen molar-refractivity contribution in [3.63, 3.8) is 0 Å². The maximum Gasteiger partial charge on any atom is 0.303 e. The SMILES string of the molecule is CCC(C)CC(CNC(=O)[C@@H](N)C(C)C)CC(=O)O. The van der Waals surface area contributed by atoms with E-state index in [2.05, 4.69) is 19.2 Å². The third-order valence-electron chi connectivity index (χ3n) is 3.48. The first kappa shape index (κ1) is 17.9. The topological polar surface area (TPSA) is 92.4 Å². The molecule has 5 heteroatoms. The molecule has 0 aromatic heterocycles. The molecule has 0 fully saturated rings. The lowest BCUT2D eigenvalue weighted by Crippen LogP contribution is -2.45. The van der Waals surface area contributed by atoms with Gasteiger partial charge in [0.15, 0.2) is 0 Å². The summed E-state index contributed by atoms with van der Waals surface area (Å²) in [4.78, 5) is 22.6. The van der Waals surface area contributed by atoms with Gasteiger partial charge in [-0.1, -0.05) is 34.1 Å². The number of carbonyl (C=O) groups is 2. The average molecular weight is 272 g/mol. The van der Waals surface area contributed by atoms with Crippen molar-refractivity contribution in [1.82, 2.24) is 5.32 Å². The minimum Gasteiger partial charge on any atom is -0.481 e. The highest BCUT2D eigenvalue weighted by atomic mass is 16.4. The van der Waals surface area contributed by atoms with Crippen LogP contribution in [-0.4, -0.2) is 29.6 Å². The van der Waals surface area contributed by atoms with E-state index in [0.717, 1.165) is 12.8 Å². The maximum absolute atomic E-state index is 11.7. The van der Waals surface area contributed by atoms with E-state index < -0.39 is 12.0 Å². The predicted octanol–water partition coefficient (Wildman–Crippen LogP) is 1.61. The Morgan fingerprint density at radius 3 is 2.26 bits per heavy atom. The van der Waals surface area contributed by atoms with Crippen LogP contribution in [0, 0.1) is 17.8 Å². The highest BCUT2D eigenvalue weighted by Gasteiger charge is 2.20. The first-order valence-corrected chi connectivity index (χ1v) is 7.02. The molecule has 0 spiro atoms. The molecule has 0 aliphatic rings. The molecule has 0 saturated heterocycles. The number of carbonyl (C=O) groups excluding carboxylic acids is 1. The van der Waals surface area contributed by atoms with Crippen LogP contribution in [-0.2, 0) is 9.59 Å². The Kier molecular flexibility index (Phi) is 8.39. The molecule has 1 amide bonds. The van der Waals surface area contributed by atoms with Crippen LogP contribution in [0.4, 0.5) is 0 Å². The molecule has 0 heterocycles. The highest BCUT2D eigenvalue weighted by molar-refractivity contribution is 5.81. The Balaban J connectivity index is 4.32. The molecule has 2 unspecified atom stereocenters. The summed E-state index contributed by atoms with van der Waals surface area (Å²) in [5.41, 5.74) is 5.75. The fourth-order valence-electron chi connectivity index (χ4n) is 1.89. The zero-order chi connectivity index (χ0) is 15.0. The maximum atomic E-state index is 11.7. The van der Waals surface area contributed by atoms with Crippen molar-refractivity contribution in [3.8, 4) is 0 Å². The lowest BCUT2D eigenvalue weighted by Gasteiger charge is -2.21. The van der Waals surface area contributed by atoms with Crippen LogP contribution < -0.4 is 11.1 Å². The van der Waals surface area contributed by atoms with E-state index in [4.69, 9.17) is 10.8 Å². The quantitative estimate of drug-likeness (QED) is 0.594. The molecule has 0 aliphatic carbocycles. The lowest BCUT2D eigenvalue weighted by atomic mass is 9.91. The molecule has 19 heavy (non-hydrogen) atoms. The summed E-state index contributed by atoms with van der Waals surface area (Å²) in [5, 5.41) is 11.7. The van der Waals surface area contributed by atoms with Crippen molar-refractivity contribution in [1.29, 1.82) is 0 Å². The van der Waals surface area contributed by atoms with Crippen LogP contribution in [0.1, 0.15) is 47.0 Å². The molecule has 0 aliphatic heterocycles. The lowest BCUT2D eigenvalue weighted by molar-refractivity contribution is -0.138. The van der Waals surface area contributed by atoms with Crippen LogP contribution in [0.25, 0.3) is 0 Å². The minimum absolute atomic E-state index is 0.0317. The third-order valence-corrected chi connectivity index (χ3v) is 3.48. The van der Waals surface area contributed by atoms with Gasteiger partial charge < -0.3 is 16.2 Å². The van der Waals surface area contributed by atoms with Crippen LogP contribution >= 0.6 is 0 Å². The second-order valence-electron chi connectivity index (χ2n) is 5.73. The number of aliphatic carboxylic acids is 1. The molecule has 112 valence electrons. The molecule has 0 rings (SSSR count). The van der Waals surface area contributed by atoms with Crippen molar-refractivity contribution in [2.24, 2.45) is 23.5 Å². The van der Waals surface area contributed by atoms with Crippen LogP contribution in [0.15, 0.2) is 0 Å². The van der Waals surface area contributed by atoms with E-state index in [1.807, 2.05) is 13.8 Å². The van der Waals surface area contributed by atoms with Crippen molar-refractivity contribution >= 4 is 11.9 Å². The monoisotopic (exact) mass is 272 g/mol. The number of carboxylic acids is 1. The zero-order valence-electron chi connectivity index (χ0n) is 12.5. The molecule has 3 atom stereocenters. The Bertz CT molecular complexity index is 292. The van der Waals surface area contributed by atoms with E-state index >= 15 is 0 Å². The number of carboxylic acid groups (broad SMARTS) is 1. The van der Waals surface area contributed by atoms with Gasteiger partial charge in [-0.3, -0.25) is 9.59 Å². The molecule has 0 bridgehead atoms. The number of hydrogen-bond donors (Lipinski definition) is 3. The van der Waals surface area contributed by atoms with Crippen LogP contribution in [0.2, 0.25) is 0 Å². The number of amides is 1. The molecule has 4 N–H and O–H groups in total. The van der Waals surface area contributed by atoms with E-state index in [0.29, 0.717) is 12.5 Å². The van der Waals surface area contributed by atoms with E-state index in [9.17, 15) is 9.59 Å². The van der Waals surface area contributed by atoms with Crippen LogP contribution in [0.5, 0.6) is 0 Å². The summed E-state index contributed by atoms with van der Waals surface area (Å²) in [5.74, 6) is -0.520. The Morgan fingerprint density at radius 2 is 1.84 bits per heavy atom. The second-order valence-corrected chi connectivity index (χ2v) is 5.73. The van der Waals surface area contributed by atoms with E-state index in [-0.39, 0.29) is 24.2 Å². The van der Waals surface area contributed by atoms with Crippen molar-refractivity contribution in [2.75, 3.05) is 6.54 Å². The van der Waals surface area contributed by atoms with Crippen molar-refractivity contribution < 1.29 is 14.7 Å². The predicted molar refractivity (Wildman–Crippen MR) is 75.6 cm³/mol. The highest BCUT2D eigenvalue weighted by Crippen LogP contribution is 2.17. The normalized spacial score (nSPS) is 15.9. The third kappa shape index (κ3) is 7.82. The molecular weight excluding hydrogens is 244 g/mol. The number of rotatable bonds is 9. The Hall–Kier alpha value is -1.10. The van der Waals surface area contributed by atoms with Gasteiger partial charge in [0.25, 0.3) is 0 Å². The molecule has 5 nitrogen and oxygen atoms in total. The summed E-state index contributed by atoms with van der Waals surface area (Å²) in [7, 11) is 0. The van der Waals surface area contributed by atoms with Crippen LogP contribution in [0.3, 0.4) is 0 Å². The van der Waals surface area contributed by atoms with Gasteiger partial charge in [0.05, 0.1) is 6.04 Å². The summed E-state index contributed by atoms with van der Waals surface area (Å²) >= 11 is 0. The molecule has 0 radical (unpaired) electrons. The summed E-state index contributed by atoms with van der Waals surface area (Å²) in [6.45, 7) is 8.33. The van der Waals surface area contributed by atoms with Gasteiger partial charge in [0.2, 0.25) is 5.91 Å². The van der Waals surface area contributed by atoms with Gasteiger partial charge >= 0.3 is 5.97 Å². The largest absolute Gasteiger partial charge is 0.481 e. The number of hydrogen-bond acceptors (Lipinski definition) is 3. The van der Waals surface area contributed by atoms with Gasteiger partial charge in [0.1, 0.15) is 0 Å². The van der Waals surface area contributed by atoms with E-state index in [1.165, 1.54) is 0 Å². The fourth-order valence-corrected chi connectivity index (χ4v) is 1.89. The molecule has 0 aromatic rings. The summed E-state index contributed by atoms with van der Waals surface area (Å²) in [6, 6.07) is -0.533. The van der Waals surface area contributed by atoms with Gasteiger partial charge in [-0.05, 0) is 24.2 Å². The van der Waals surface area contributed by atoms with Crippen molar-refractivity contribution in [2.45, 2.75) is 53.0 Å². The summed E-state index contributed by atoms with van der Waals surface area (Å²) in [6.07, 6.45) is 1.90. The number of nitrogens with two attached hydrogens (primary N) is 1. The zero-order valence-corrected chi connectivity index (χ0v) is 12.5. The first-order chi connectivity index (χ1) is 8.77. The van der Waals surface area contributed by atoms with Gasteiger partial charge in [-0.15, -0.1) is 0 Å². The van der Waals surface area contributed by atoms with Gasteiger partial charge in [0, 0.05) is 13.0 Å². The standard InChI is InChI=1S/C14H28N2O3/c1-5-10(4)6-11(7-12(17)18)8-16-14(19)13(15)9(2)3/h9-11,13H,5-8,15H2,1-4H3,(H,16,19)(H,17,18)/t10?,11?,13-/m0/s1. The average Bonchev–Trinajstić information content (AvgIpc) is 2.33. The van der Waals surface area contributed by atoms with Gasteiger partial charge in [-0.2, -0.15) is 0 Å². The Labute approximate surface area is 115 Å². The second kappa shape index (κ2) is 8.91. The number of nitrogens with one attached hydrogen (secondary N) is 1. The van der Waals surface area contributed by atoms with E-state index in [1.54, 1.807) is 0 Å². The fraction of sp³-hybridized carbons (Fsp3) is 0.857. The van der Waals surface area contributed by atoms with Gasteiger partial charge in [-0.25, -0.2) is 0 Å². The molecular formula is C14H28N2O3. The summed E-state index contributed by atoms with van der Waals surface area (Å²) < 4.78 is 0. The minimum atomic E-state index is -0.823.